The van der Waals surface area contributed by atoms with Crippen LogP contribution < -0.4 is 15.4 Å². The highest BCUT2D eigenvalue weighted by Crippen LogP contribution is 2.26. The first kappa shape index (κ1) is 19.2. The lowest BCUT2D eigenvalue weighted by Crippen LogP contribution is -2.17. The van der Waals surface area contributed by atoms with Crippen molar-refractivity contribution >= 4 is 28.7 Å². The van der Waals surface area contributed by atoms with Crippen LogP contribution in [-0.4, -0.2) is 26.6 Å². The van der Waals surface area contributed by atoms with Gasteiger partial charge in [-0.25, -0.2) is 9.97 Å². The Balaban J connectivity index is 1.43. The standard InChI is InChI=1S/C20H14F3N5O2/c21-20(22,23)30-15-5-3-4-13(10-15)26-14-7-8-17(24-11-14)27-19(29)16-12-25-18-6-1-2-9-28(16)18/h1-12,26H,(H,24,27,29). The number of hydrogen-bond acceptors (Lipinski definition) is 5. The Morgan fingerprint density at radius 3 is 2.60 bits per heavy atom. The number of hydrogen-bond donors (Lipinski definition) is 2. The first-order valence-electron chi connectivity index (χ1n) is 8.70. The van der Waals surface area contributed by atoms with Crippen molar-refractivity contribution in [3.05, 3.63) is 78.9 Å². The molecule has 0 fully saturated rings. The lowest BCUT2D eigenvalue weighted by molar-refractivity contribution is -0.274. The van der Waals surface area contributed by atoms with E-state index in [0.717, 1.165) is 0 Å². The van der Waals surface area contributed by atoms with Gasteiger partial charge in [0.2, 0.25) is 0 Å². The number of alkyl halides is 3. The van der Waals surface area contributed by atoms with Gasteiger partial charge in [-0.15, -0.1) is 13.2 Å². The molecular weight excluding hydrogens is 399 g/mol. The zero-order valence-corrected chi connectivity index (χ0v) is 15.2. The van der Waals surface area contributed by atoms with Crippen molar-refractivity contribution in [3.63, 3.8) is 0 Å². The average molecular weight is 413 g/mol. The summed E-state index contributed by atoms with van der Waals surface area (Å²) in [7, 11) is 0. The van der Waals surface area contributed by atoms with E-state index in [0.29, 0.717) is 28.5 Å². The summed E-state index contributed by atoms with van der Waals surface area (Å²) in [4.78, 5) is 20.8. The van der Waals surface area contributed by atoms with Crippen molar-refractivity contribution in [2.45, 2.75) is 6.36 Å². The van der Waals surface area contributed by atoms with Crippen molar-refractivity contribution in [1.82, 2.24) is 14.4 Å². The van der Waals surface area contributed by atoms with Gasteiger partial charge in [0.1, 0.15) is 22.9 Å². The highest BCUT2D eigenvalue weighted by Gasteiger charge is 2.31. The summed E-state index contributed by atoms with van der Waals surface area (Å²) in [6.07, 6.45) is -0.118. The molecule has 0 unspecified atom stereocenters. The summed E-state index contributed by atoms with van der Waals surface area (Å²) >= 11 is 0. The average Bonchev–Trinajstić information content (AvgIpc) is 3.13. The summed E-state index contributed by atoms with van der Waals surface area (Å²) < 4.78 is 42.6. The molecule has 2 N–H and O–H groups in total. The van der Waals surface area contributed by atoms with Crippen LogP contribution in [0.4, 0.5) is 30.4 Å². The first-order chi connectivity index (χ1) is 14.4. The smallest absolute Gasteiger partial charge is 0.406 e. The molecule has 0 saturated carbocycles. The van der Waals surface area contributed by atoms with E-state index < -0.39 is 6.36 Å². The molecule has 0 saturated heterocycles. The minimum absolute atomic E-state index is 0.311. The molecule has 0 aliphatic heterocycles. The number of rotatable bonds is 5. The van der Waals surface area contributed by atoms with Gasteiger partial charge in [0.15, 0.2) is 0 Å². The first-order valence-corrected chi connectivity index (χ1v) is 8.70. The predicted octanol–water partition coefficient (Wildman–Crippen LogP) is 4.62. The molecule has 1 aromatic carbocycles. The van der Waals surface area contributed by atoms with E-state index >= 15 is 0 Å². The van der Waals surface area contributed by atoms with Crippen LogP contribution in [0, 0.1) is 0 Å². The predicted molar refractivity (Wildman–Crippen MR) is 104 cm³/mol. The molecule has 0 aliphatic carbocycles. The third-order valence-electron chi connectivity index (χ3n) is 4.01. The Bertz CT molecular complexity index is 1190. The second-order valence-electron chi connectivity index (χ2n) is 6.16. The lowest BCUT2D eigenvalue weighted by Gasteiger charge is -2.11. The quantitative estimate of drug-likeness (QED) is 0.499. The molecule has 0 radical (unpaired) electrons. The van der Waals surface area contributed by atoms with Crippen LogP contribution in [0.15, 0.2) is 73.2 Å². The summed E-state index contributed by atoms with van der Waals surface area (Å²) in [5, 5.41) is 5.60. The number of aromatic nitrogens is 3. The molecule has 0 atom stereocenters. The van der Waals surface area contributed by atoms with Gasteiger partial charge in [0, 0.05) is 18.0 Å². The number of nitrogens with zero attached hydrogens (tertiary/aromatic N) is 3. The summed E-state index contributed by atoms with van der Waals surface area (Å²) in [5.41, 5.74) is 1.91. The van der Waals surface area contributed by atoms with Crippen LogP contribution in [0.25, 0.3) is 5.65 Å². The molecule has 0 aliphatic rings. The minimum Gasteiger partial charge on any atom is -0.406 e. The Kier molecular flexibility index (Phi) is 4.97. The number of imidazole rings is 1. The number of amides is 1. The van der Waals surface area contributed by atoms with E-state index in [1.165, 1.54) is 30.6 Å². The maximum atomic E-state index is 12.5. The van der Waals surface area contributed by atoms with Gasteiger partial charge in [-0.1, -0.05) is 12.1 Å². The van der Waals surface area contributed by atoms with Gasteiger partial charge >= 0.3 is 6.36 Å². The molecule has 0 bridgehead atoms. The van der Waals surface area contributed by atoms with Crippen LogP contribution in [0.1, 0.15) is 10.5 Å². The van der Waals surface area contributed by atoms with Crippen molar-refractivity contribution in [2.75, 3.05) is 10.6 Å². The van der Waals surface area contributed by atoms with E-state index in [1.54, 1.807) is 40.9 Å². The van der Waals surface area contributed by atoms with Crippen LogP contribution in [-0.2, 0) is 0 Å². The Morgan fingerprint density at radius 1 is 0.967 bits per heavy atom. The van der Waals surface area contributed by atoms with Gasteiger partial charge in [0.25, 0.3) is 5.91 Å². The number of fused-ring (bicyclic) bond motifs is 1. The molecular formula is C20H14F3N5O2. The van der Waals surface area contributed by atoms with Gasteiger partial charge in [-0.3, -0.25) is 9.20 Å². The Labute approximate surface area is 168 Å². The number of ether oxygens (including phenoxy) is 1. The molecule has 1 amide bonds. The fraction of sp³-hybridized carbons (Fsp3) is 0.0500. The monoisotopic (exact) mass is 413 g/mol. The van der Waals surface area contributed by atoms with E-state index in [2.05, 4.69) is 25.3 Å². The van der Waals surface area contributed by atoms with Gasteiger partial charge in [-0.05, 0) is 36.4 Å². The largest absolute Gasteiger partial charge is 0.573 e. The van der Waals surface area contributed by atoms with Crippen molar-refractivity contribution < 1.29 is 22.7 Å². The number of carbonyl (C=O) groups is 1. The lowest BCUT2D eigenvalue weighted by atomic mass is 10.3. The number of benzene rings is 1. The van der Waals surface area contributed by atoms with E-state index in [-0.39, 0.29) is 11.7 Å². The van der Waals surface area contributed by atoms with Gasteiger partial charge in [0.05, 0.1) is 18.1 Å². The second kappa shape index (κ2) is 7.74. The maximum absolute atomic E-state index is 12.5. The fourth-order valence-electron chi connectivity index (χ4n) is 2.76. The highest BCUT2D eigenvalue weighted by molar-refractivity contribution is 6.03. The Morgan fingerprint density at radius 2 is 1.83 bits per heavy atom. The number of pyridine rings is 2. The molecule has 3 heterocycles. The zero-order chi connectivity index (χ0) is 21.1. The van der Waals surface area contributed by atoms with Crippen molar-refractivity contribution in [1.29, 1.82) is 0 Å². The molecule has 10 heteroatoms. The number of halogens is 3. The fourth-order valence-corrected chi connectivity index (χ4v) is 2.76. The molecule has 152 valence electrons. The third kappa shape index (κ3) is 4.49. The van der Waals surface area contributed by atoms with Gasteiger partial charge in [-0.2, -0.15) is 0 Å². The van der Waals surface area contributed by atoms with E-state index in [1.807, 2.05) is 6.07 Å². The topological polar surface area (TPSA) is 80.5 Å². The number of carbonyl (C=O) groups excluding carboxylic acids is 1. The molecule has 0 spiro atoms. The van der Waals surface area contributed by atoms with Crippen LogP contribution >= 0.6 is 0 Å². The van der Waals surface area contributed by atoms with Crippen LogP contribution in [0.5, 0.6) is 5.75 Å². The molecule has 4 aromatic rings. The van der Waals surface area contributed by atoms with Crippen molar-refractivity contribution in [2.24, 2.45) is 0 Å². The van der Waals surface area contributed by atoms with Gasteiger partial charge < -0.3 is 15.4 Å². The number of anilines is 3. The van der Waals surface area contributed by atoms with E-state index in [4.69, 9.17) is 0 Å². The third-order valence-corrected chi connectivity index (χ3v) is 4.01. The molecule has 3 aromatic heterocycles. The normalized spacial score (nSPS) is 11.3. The summed E-state index contributed by atoms with van der Waals surface area (Å²) in [6, 6.07) is 14.0. The van der Waals surface area contributed by atoms with Crippen LogP contribution in [0.2, 0.25) is 0 Å². The molecule has 30 heavy (non-hydrogen) atoms. The highest BCUT2D eigenvalue weighted by atomic mass is 19.4. The SMILES string of the molecule is O=C(Nc1ccc(Nc2cccc(OC(F)(F)F)c2)cn1)c1cnc2ccccn12. The van der Waals surface area contributed by atoms with Crippen LogP contribution in [0.3, 0.4) is 0 Å². The van der Waals surface area contributed by atoms with E-state index in [9.17, 15) is 18.0 Å². The minimum atomic E-state index is -4.76. The summed E-state index contributed by atoms with van der Waals surface area (Å²) in [6.45, 7) is 0. The molecule has 7 nitrogen and oxygen atoms in total. The maximum Gasteiger partial charge on any atom is 0.573 e. The molecule has 4 rings (SSSR count). The van der Waals surface area contributed by atoms with Crippen molar-refractivity contribution in [3.8, 4) is 5.75 Å². The second-order valence-corrected chi connectivity index (χ2v) is 6.16. The summed E-state index contributed by atoms with van der Waals surface area (Å²) in [5.74, 6) is -0.401. The number of nitrogens with one attached hydrogen (secondary N) is 2. The zero-order valence-electron chi connectivity index (χ0n) is 15.2. The Hall–Kier alpha value is -4.08.